The first-order valence-electron chi connectivity index (χ1n) is 8.85. The van der Waals surface area contributed by atoms with Crippen molar-refractivity contribution in [1.82, 2.24) is 15.2 Å². The molecule has 26 heavy (non-hydrogen) atoms. The second-order valence-corrected chi connectivity index (χ2v) is 6.96. The maximum Gasteiger partial charge on any atom is 0.220 e. The highest BCUT2D eigenvalue weighted by Crippen LogP contribution is 2.30. The number of oxazole rings is 1. The molecule has 0 spiro atoms. The molecule has 0 saturated heterocycles. The van der Waals surface area contributed by atoms with Crippen molar-refractivity contribution in [2.24, 2.45) is 0 Å². The summed E-state index contributed by atoms with van der Waals surface area (Å²) < 4.78 is 5.71. The molecular weight excluding hydrogens is 373 g/mol. The van der Waals surface area contributed by atoms with Gasteiger partial charge in [-0.05, 0) is 38.2 Å². The third-order valence-corrected chi connectivity index (χ3v) is 4.89. The fourth-order valence-corrected chi connectivity index (χ4v) is 3.29. The molecule has 2 rings (SSSR count). The molecule has 1 heterocycles. The lowest BCUT2D eigenvalue weighted by Gasteiger charge is -2.26. The van der Waals surface area contributed by atoms with Crippen LogP contribution >= 0.6 is 23.2 Å². The van der Waals surface area contributed by atoms with Gasteiger partial charge in [0.05, 0.1) is 11.2 Å². The second kappa shape index (κ2) is 9.95. The second-order valence-electron chi connectivity index (χ2n) is 6.12. The number of nitrogens with zero attached hydrogens (tertiary/aromatic N) is 2. The first-order valence-corrected chi connectivity index (χ1v) is 9.61. The van der Waals surface area contributed by atoms with Crippen molar-refractivity contribution in [3.63, 3.8) is 0 Å². The number of likely N-dealkylation sites (N-methyl/N-ethyl adjacent to an activating group) is 1. The molecular formula is C19H25Cl2N3O2. The number of nitrogens with one attached hydrogen (secondary N) is 1. The minimum atomic E-state index is -0.00622. The quantitative estimate of drug-likeness (QED) is 0.679. The average molecular weight is 398 g/mol. The van der Waals surface area contributed by atoms with Gasteiger partial charge in [-0.25, -0.2) is 4.98 Å². The summed E-state index contributed by atoms with van der Waals surface area (Å²) in [5.74, 6) is 1.07. The van der Waals surface area contributed by atoms with E-state index in [1.807, 2.05) is 0 Å². The van der Waals surface area contributed by atoms with Crippen LogP contribution in [0.5, 0.6) is 0 Å². The van der Waals surface area contributed by atoms with Gasteiger partial charge in [0.15, 0.2) is 11.7 Å². The van der Waals surface area contributed by atoms with Crippen LogP contribution in [0.25, 0.3) is 11.3 Å². The number of rotatable bonds is 9. The zero-order valence-corrected chi connectivity index (χ0v) is 16.9. The zero-order chi connectivity index (χ0) is 19.1. The number of hydrogen-bond donors (Lipinski definition) is 1. The van der Waals surface area contributed by atoms with Gasteiger partial charge in [0.25, 0.3) is 0 Å². The van der Waals surface area contributed by atoms with Crippen LogP contribution in [0, 0.1) is 0 Å². The van der Waals surface area contributed by atoms with Gasteiger partial charge in [0, 0.05) is 36.0 Å². The van der Waals surface area contributed by atoms with Gasteiger partial charge in [-0.15, -0.1) is 0 Å². The van der Waals surface area contributed by atoms with E-state index in [1.54, 1.807) is 24.4 Å². The summed E-state index contributed by atoms with van der Waals surface area (Å²) in [5, 5.41) is 4.04. The Bertz CT molecular complexity index is 729. The first kappa shape index (κ1) is 20.7. The third-order valence-electron chi connectivity index (χ3n) is 4.35. The van der Waals surface area contributed by atoms with E-state index in [2.05, 4.69) is 36.0 Å². The van der Waals surface area contributed by atoms with Crippen molar-refractivity contribution in [3.8, 4) is 11.3 Å². The highest BCUT2D eigenvalue weighted by Gasteiger charge is 2.14. The molecule has 1 amide bonds. The summed E-state index contributed by atoms with van der Waals surface area (Å²) in [4.78, 5) is 18.6. The minimum absolute atomic E-state index is 0.00622. The van der Waals surface area contributed by atoms with Gasteiger partial charge in [-0.2, -0.15) is 0 Å². The number of carbonyl (C=O) groups is 1. The molecule has 1 atom stereocenters. The molecule has 0 aliphatic rings. The Hall–Kier alpha value is -1.56. The number of carbonyl (C=O) groups excluding carboxylic acids is 1. The van der Waals surface area contributed by atoms with Gasteiger partial charge in [-0.3, -0.25) is 9.69 Å². The maximum atomic E-state index is 12.1. The van der Waals surface area contributed by atoms with Gasteiger partial charge in [0.2, 0.25) is 5.91 Å². The summed E-state index contributed by atoms with van der Waals surface area (Å²) in [6.07, 6.45) is 2.39. The Morgan fingerprint density at radius 2 is 2.04 bits per heavy atom. The Labute approximate surface area is 164 Å². The monoisotopic (exact) mass is 397 g/mol. The van der Waals surface area contributed by atoms with Crippen molar-refractivity contribution in [3.05, 3.63) is 40.3 Å². The van der Waals surface area contributed by atoms with E-state index in [-0.39, 0.29) is 5.91 Å². The van der Waals surface area contributed by atoms with Crippen molar-refractivity contribution >= 4 is 29.1 Å². The standard InChI is InChI=1S/C19H25Cl2N3O2/c1-4-24(5-2)13(3)11-22-18(25)8-9-19-23-12-17(26-19)15-7-6-14(20)10-16(15)21/h6-7,10,12-13H,4-5,8-9,11H2,1-3H3,(H,22,25). The Balaban J connectivity index is 1.85. The molecule has 142 valence electrons. The van der Waals surface area contributed by atoms with Crippen molar-refractivity contribution in [1.29, 1.82) is 0 Å². The number of aryl methyl sites for hydroxylation is 1. The molecule has 1 aromatic carbocycles. The van der Waals surface area contributed by atoms with Crippen LogP contribution in [0.2, 0.25) is 10.0 Å². The number of aromatic nitrogens is 1. The zero-order valence-electron chi connectivity index (χ0n) is 15.4. The molecule has 0 fully saturated rings. The summed E-state index contributed by atoms with van der Waals surface area (Å²) in [6.45, 7) is 8.94. The average Bonchev–Trinajstić information content (AvgIpc) is 3.08. The molecule has 0 aliphatic carbocycles. The van der Waals surface area contributed by atoms with E-state index in [1.165, 1.54) is 0 Å². The van der Waals surface area contributed by atoms with Crippen LogP contribution in [0.4, 0.5) is 0 Å². The molecule has 2 aromatic rings. The molecule has 1 N–H and O–H groups in total. The molecule has 5 nitrogen and oxygen atoms in total. The van der Waals surface area contributed by atoms with Gasteiger partial charge >= 0.3 is 0 Å². The number of hydrogen-bond acceptors (Lipinski definition) is 4. The summed E-state index contributed by atoms with van der Waals surface area (Å²) in [6, 6.07) is 5.51. The van der Waals surface area contributed by atoms with Gasteiger partial charge < -0.3 is 9.73 Å². The normalized spacial score (nSPS) is 12.4. The topological polar surface area (TPSA) is 58.4 Å². The van der Waals surface area contributed by atoms with Crippen LogP contribution in [0.15, 0.2) is 28.8 Å². The highest BCUT2D eigenvalue weighted by atomic mass is 35.5. The van der Waals surface area contributed by atoms with E-state index in [0.29, 0.717) is 47.1 Å². The SMILES string of the molecule is CCN(CC)C(C)CNC(=O)CCc1ncc(-c2ccc(Cl)cc2Cl)o1. The largest absolute Gasteiger partial charge is 0.441 e. The minimum Gasteiger partial charge on any atom is -0.441 e. The first-order chi connectivity index (χ1) is 12.4. The molecule has 7 heteroatoms. The Morgan fingerprint density at radius 1 is 1.31 bits per heavy atom. The van der Waals surface area contributed by atoms with E-state index < -0.39 is 0 Å². The molecule has 0 bridgehead atoms. The van der Waals surface area contributed by atoms with Crippen molar-refractivity contribution < 1.29 is 9.21 Å². The molecule has 0 aliphatic heterocycles. The predicted molar refractivity (Wildman–Crippen MR) is 106 cm³/mol. The molecule has 1 unspecified atom stereocenters. The predicted octanol–water partition coefficient (Wildman–Crippen LogP) is 4.43. The maximum absolute atomic E-state index is 12.1. The van der Waals surface area contributed by atoms with E-state index in [9.17, 15) is 4.79 Å². The number of benzene rings is 1. The van der Waals surface area contributed by atoms with Gasteiger partial charge in [0.1, 0.15) is 0 Å². The number of halogens is 2. The lowest BCUT2D eigenvalue weighted by molar-refractivity contribution is -0.121. The Morgan fingerprint density at radius 3 is 2.69 bits per heavy atom. The lowest BCUT2D eigenvalue weighted by Crippen LogP contribution is -2.42. The molecule has 0 saturated carbocycles. The van der Waals surface area contributed by atoms with Crippen LogP contribution in [0.1, 0.15) is 33.1 Å². The lowest BCUT2D eigenvalue weighted by atomic mass is 10.2. The summed E-state index contributed by atoms with van der Waals surface area (Å²) >= 11 is 12.1. The van der Waals surface area contributed by atoms with Crippen LogP contribution < -0.4 is 5.32 Å². The van der Waals surface area contributed by atoms with E-state index in [4.69, 9.17) is 27.6 Å². The number of amides is 1. The molecule has 1 aromatic heterocycles. The van der Waals surface area contributed by atoms with Crippen molar-refractivity contribution in [2.45, 2.75) is 39.7 Å². The van der Waals surface area contributed by atoms with E-state index in [0.717, 1.165) is 18.7 Å². The fourth-order valence-electron chi connectivity index (χ4n) is 2.79. The van der Waals surface area contributed by atoms with Crippen LogP contribution in [-0.2, 0) is 11.2 Å². The third kappa shape index (κ3) is 5.73. The smallest absolute Gasteiger partial charge is 0.220 e. The molecule has 0 radical (unpaired) electrons. The van der Waals surface area contributed by atoms with Crippen molar-refractivity contribution in [2.75, 3.05) is 19.6 Å². The van der Waals surface area contributed by atoms with Gasteiger partial charge in [-0.1, -0.05) is 37.0 Å². The van der Waals surface area contributed by atoms with Crippen LogP contribution in [0.3, 0.4) is 0 Å². The highest BCUT2D eigenvalue weighted by molar-refractivity contribution is 6.36. The summed E-state index contributed by atoms with van der Waals surface area (Å²) in [5.41, 5.74) is 0.729. The summed E-state index contributed by atoms with van der Waals surface area (Å²) in [7, 11) is 0. The van der Waals surface area contributed by atoms with E-state index >= 15 is 0 Å². The van der Waals surface area contributed by atoms with Crippen LogP contribution in [-0.4, -0.2) is 41.5 Å². The fraction of sp³-hybridized carbons (Fsp3) is 0.474. The Kier molecular flexibility index (Phi) is 7.94.